The molecule has 12 aromatic carbocycles. The third-order valence-corrected chi connectivity index (χ3v) is 13.8. The highest BCUT2D eigenvalue weighted by molar-refractivity contribution is 6.20. The van der Waals surface area contributed by atoms with Crippen molar-refractivity contribution < 1.29 is 4.42 Å². The Morgan fingerprint density at radius 2 is 0.732 bits per heavy atom. The fraction of sp³-hybridized carbons (Fsp3) is 0. The zero-order valence-electron chi connectivity index (χ0n) is 38.9. The van der Waals surface area contributed by atoms with Crippen molar-refractivity contribution in [2.75, 3.05) is 9.80 Å². The van der Waals surface area contributed by atoms with Crippen LogP contribution in [0, 0.1) is 0 Å². The average molecular weight is 907 g/mol. The minimum Gasteiger partial charge on any atom is -0.456 e. The van der Waals surface area contributed by atoms with Crippen LogP contribution in [-0.4, -0.2) is 0 Å². The molecule has 0 aliphatic rings. The van der Waals surface area contributed by atoms with Gasteiger partial charge in [-0.3, -0.25) is 0 Å². The molecular weight excluding hydrogens is 861 g/mol. The second kappa shape index (κ2) is 17.9. The Morgan fingerprint density at radius 1 is 0.254 bits per heavy atom. The van der Waals surface area contributed by atoms with Crippen LogP contribution in [0.4, 0.5) is 34.1 Å². The number of nitrogens with zero attached hydrogens (tertiary/aromatic N) is 2. The molecular formula is C68H46N2O. The summed E-state index contributed by atoms with van der Waals surface area (Å²) < 4.78 is 7.00. The van der Waals surface area contributed by atoms with Gasteiger partial charge in [-0.15, -0.1) is 0 Å². The fourth-order valence-corrected chi connectivity index (χ4v) is 10.4. The number of hydrogen-bond acceptors (Lipinski definition) is 3. The highest BCUT2D eigenvalue weighted by Gasteiger charge is 2.30. The molecule has 0 saturated carbocycles. The van der Waals surface area contributed by atoms with E-state index < -0.39 is 0 Å². The smallest absolute Gasteiger partial charge is 0.137 e. The second-order valence-corrected chi connectivity index (χ2v) is 18.1. The Hall–Kier alpha value is -9.44. The SMILES string of the molecule is c1ccc(-c2ccc(N(c3ccccc3-c3ccccc3)c3c(N(c4ccccc4)c4ccc(-c5ccc6ccccc6c5)cc4-c4ccccc4)ccc4oc5cc6ccccc6cc5c34)cc2)cc1. The first kappa shape index (κ1) is 41.7. The molecule has 71 heavy (non-hydrogen) atoms. The molecule has 1 aromatic heterocycles. The fourth-order valence-electron chi connectivity index (χ4n) is 10.4. The molecule has 1 heterocycles. The molecule has 13 rings (SSSR count). The van der Waals surface area contributed by atoms with E-state index in [4.69, 9.17) is 4.42 Å². The van der Waals surface area contributed by atoms with E-state index in [0.717, 1.165) is 100 Å². The summed E-state index contributed by atoms with van der Waals surface area (Å²) in [5.74, 6) is 0. The first-order valence-corrected chi connectivity index (χ1v) is 24.2. The Balaban J connectivity index is 1.14. The quantitative estimate of drug-likeness (QED) is 0.136. The van der Waals surface area contributed by atoms with Crippen LogP contribution in [0.25, 0.3) is 88.0 Å². The average Bonchev–Trinajstić information content (AvgIpc) is 3.82. The number of hydrogen-bond donors (Lipinski definition) is 0. The van der Waals surface area contributed by atoms with Crippen LogP contribution in [0.5, 0.6) is 0 Å². The van der Waals surface area contributed by atoms with E-state index in [1.165, 1.54) is 21.9 Å². The molecule has 334 valence electrons. The second-order valence-electron chi connectivity index (χ2n) is 18.1. The third-order valence-electron chi connectivity index (χ3n) is 13.8. The van der Waals surface area contributed by atoms with Crippen molar-refractivity contribution >= 4 is 77.6 Å². The van der Waals surface area contributed by atoms with E-state index in [9.17, 15) is 0 Å². The maximum atomic E-state index is 7.00. The number of fused-ring (bicyclic) bond motifs is 5. The summed E-state index contributed by atoms with van der Waals surface area (Å²) in [6.45, 7) is 0. The number of anilines is 6. The predicted molar refractivity (Wildman–Crippen MR) is 300 cm³/mol. The lowest BCUT2D eigenvalue weighted by molar-refractivity contribution is 0.669. The van der Waals surface area contributed by atoms with Gasteiger partial charge in [-0.2, -0.15) is 0 Å². The van der Waals surface area contributed by atoms with Gasteiger partial charge in [0.1, 0.15) is 11.2 Å². The van der Waals surface area contributed by atoms with E-state index in [0.29, 0.717) is 0 Å². The van der Waals surface area contributed by atoms with Crippen LogP contribution < -0.4 is 9.80 Å². The van der Waals surface area contributed by atoms with Gasteiger partial charge in [0, 0.05) is 27.9 Å². The lowest BCUT2D eigenvalue weighted by Crippen LogP contribution is -2.18. The van der Waals surface area contributed by atoms with E-state index in [2.05, 4.69) is 289 Å². The zero-order valence-corrected chi connectivity index (χ0v) is 38.9. The molecule has 0 amide bonds. The molecule has 0 fully saturated rings. The van der Waals surface area contributed by atoms with Gasteiger partial charge in [0.2, 0.25) is 0 Å². The topological polar surface area (TPSA) is 19.6 Å². The maximum Gasteiger partial charge on any atom is 0.137 e. The Morgan fingerprint density at radius 3 is 1.44 bits per heavy atom. The normalized spacial score (nSPS) is 11.4. The largest absolute Gasteiger partial charge is 0.456 e. The molecule has 0 aliphatic carbocycles. The highest BCUT2D eigenvalue weighted by Crippen LogP contribution is 2.54. The van der Waals surface area contributed by atoms with Crippen molar-refractivity contribution in [3.05, 3.63) is 279 Å². The van der Waals surface area contributed by atoms with Crippen molar-refractivity contribution in [1.82, 2.24) is 0 Å². The van der Waals surface area contributed by atoms with Gasteiger partial charge < -0.3 is 14.2 Å². The maximum absolute atomic E-state index is 7.00. The summed E-state index contributed by atoms with van der Waals surface area (Å²) in [5.41, 5.74) is 16.8. The number of furan rings is 1. The third kappa shape index (κ3) is 7.67. The van der Waals surface area contributed by atoms with Gasteiger partial charge in [-0.05, 0) is 128 Å². The summed E-state index contributed by atoms with van der Waals surface area (Å²) in [6.07, 6.45) is 0. The molecule has 3 heteroatoms. The Labute approximate surface area is 413 Å². The summed E-state index contributed by atoms with van der Waals surface area (Å²) in [6, 6.07) is 101. The van der Waals surface area contributed by atoms with Crippen molar-refractivity contribution in [2.24, 2.45) is 0 Å². The summed E-state index contributed by atoms with van der Waals surface area (Å²) in [4.78, 5) is 4.93. The van der Waals surface area contributed by atoms with Gasteiger partial charge >= 0.3 is 0 Å². The molecule has 3 nitrogen and oxygen atoms in total. The molecule has 0 saturated heterocycles. The lowest BCUT2D eigenvalue weighted by Gasteiger charge is -2.35. The molecule has 13 aromatic rings. The Kier molecular flexibility index (Phi) is 10.5. The first-order valence-electron chi connectivity index (χ1n) is 24.2. The number of rotatable bonds is 10. The monoisotopic (exact) mass is 906 g/mol. The summed E-state index contributed by atoms with van der Waals surface area (Å²) in [5, 5.41) is 6.79. The molecule has 0 bridgehead atoms. The molecule has 0 N–H and O–H groups in total. The molecule has 0 atom stereocenters. The van der Waals surface area contributed by atoms with Crippen LogP contribution in [0.3, 0.4) is 0 Å². The standard InChI is InChI=1S/C68H46N2O/c1-5-19-47(20-6-1)49-35-38-58(39-36-49)70(62-32-18-17-31-59(62)50-22-7-2-8-23-50)68-64(41-42-65-67(68)61-45-53-27-15-16-28-54(53)46-66(61)71-65)69(57-29-11-4-12-30-57)63-40-37-56(44-60(63)51-24-9-3-10-25-51)55-34-33-48-21-13-14-26-52(48)43-55/h1-46H. The lowest BCUT2D eigenvalue weighted by atomic mass is 9.94. The number of benzene rings is 12. The molecule has 0 unspecified atom stereocenters. The van der Waals surface area contributed by atoms with Gasteiger partial charge in [0.15, 0.2) is 0 Å². The van der Waals surface area contributed by atoms with Crippen molar-refractivity contribution in [3.8, 4) is 44.5 Å². The van der Waals surface area contributed by atoms with Crippen LogP contribution in [0.15, 0.2) is 283 Å². The van der Waals surface area contributed by atoms with Crippen LogP contribution in [-0.2, 0) is 0 Å². The van der Waals surface area contributed by atoms with E-state index in [1.54, 1.807) is 0 Å². The van der Waals surface area contributed by atoms with Gasteiger partial charge in [0.05, 0.1) is 28.1 Å². The van der Waals surface area contributed by atoms with Crippen LogP contribution in [0.2, 0.25) is 0 Å². The molecule has 0 radical (unpaired) electrons. The van der Waals surface area contributed by atoms with Crippen molar-refractivity contribution in [2.45, 2.75) is 0 Å². The van der Waals surface area contributed by atoms with Crippen LogP contribution in [0.1, 0.15) is 0 Å². The van der Waals surface area contributed by atoms with Crippen molar-refractivity contribution in [3.63, 3.8) is 0 Å². The van der Waals surface area contributed by atoms with Crippen molar-refractivity contribution in [1.29, 1.82) is 0 Å². The van der Waals surface area contributed by atoms with Gasteiger partial charge in [-0.1, -0.05) is 206 Å². The molecule has 0 spiro atoms. The minimum atomic E-state index is 0.806. The predicted octanol–water partition coefficient (Wildman–Crippen LogP) is 19.5. The Bertz CT molecular complexity index is 4030. The van der Waals surface area contributed by atoms with Gasteiger partial charge in [0.25, 0.3) is 0 Å². The zero-order chi connectivity index (χ0) is 47.1. The number of para-hydroxylation sites is 2. The van der Waals surface area contributed by atoms with E-state index in [-0.39, 0.29) is 0 Å². The van der Waals surface area contributed by atoms with Crippen LogP contribution >= 0.6 is 0 Å². The summed E-state index contributed by atoms with van der Waals surface area (Å²) in [7, 11) is 0. The highest BCUT2D eigenvalue weighted by atomic mass is 16.3. The minimum absolute atomic E-state index is 0.806. The summed E-state index contributed by atoms with van der Waals surface area (Å²) >= 11 is 0. The van der Waals surface area contributed by atoms with E-state index in [1.807, 2.05) is 0 Å². The first-order chi connectivity index (χ1) is 35.2. The van der Waals surface area contributed by atoms with Gasteiger partial charge in [-0.25, -0.2) is 0 Å². The molecule has 0 aliphatic heterocycles. The van der Waals surface area contributed by atoms with E-state index >= 15 is 0 Å².